The van der Waals surface area contributed by atoms with Gasteiger partial charge in [0.2, 0.25) is 0 Å². The lowest BCUT2D eigenvalue weighted by atomic mass is 10.3. The predicted molar refractivity (Wildman–Crippen MR) is 66.5 cm³/mol. The molecular formula is C10H19BrO2Si. The van der Waals surface area contributed by atoms with Crippen LogP contribution in [0.15, 0.2) is 11.8 Å². The van der Waals surface area contributed by atoms with Gasteiger partial charge in [0.15, 0.2) is 0 Å². The molecular weight excluding hydrogens is 260 g/mol. The molecule has 0 aliphatic carbocycles. The minimum absolute atomic E-state index is 0.191. The molecule has 0 spiro atoms. The van der Waals surface area contributed by atoms with E-state index in [1.54, 1.807) is 0 Å². The number of carbonyl (C=O) groups is 1. The van der Waals surface area contributed by atoms with Gasteiger partial charge < -0.3 is 4.74 Å². The highest BCUT2D eigenvalue weighted by Crippen LogP contribution is 2.17. The van der Waals surface area contributed by atoms with Crippen LogP contribution in [0.4, 0.5) is 0 Å². The Balaban J connectivity index is 3.56. The van der Waals surface area contributed by atoms with Crippen LogP contribution in [-0.4, -0.2) is 26.0 Å². The highest BCUT2D eigenvalue weighted by molar-refractivity contribution is 9.09. The standard InChI is InChI=1S/C10H19BrO2Si/c1-9(14(2,3)4)6-5-7-13-10(12)8-11/h1,5-8H2,2-4H3. The summed E-state index contributed by atoms with van der Waals surface area (Å²) in [5, 5.41) is 1.62. The second-order valence-electron chi connectivity index (χ2n) is 4.31. The summed E-state index contributed by atoms with van der Waals surface area (Å²) in [5.41, 5.74) is 0. The van der Waals surface area contributed by atoms with Crippen molar-refractivity contribution in [3.63, 3.8) is 0 Å². The van der Waals surface area contributed by atoms with Crippen molar-refractivity contribution >= 4 is 30.0 Å². The molecule has 0 amide bonds. The van der Waals surface area contributed by atoms with Gasteiger partial charge in [-0.3, -0.25) is 4.79 Å². The van der Waals surface area contributed by atoms with E-state index in [2.05, 4.69) is 42.1 Å². The maximum Gasteiger partial charge on any atom is 0.316 e. The lowest BCUT2D eigenvalue weighted by Gasteiger charge is -2.19. The number of hydrogen-bond acceptors (Lipinski definition) is 2. The van der Waals surface area contributed by atoms with Gasteiger partial charge in [-0.05, 0) is 12.8 Å². The molecule has 0 bridgehead atoms. The third kappa shape index (κ3) is 6.37. The number of allylic oxidation sites excluding steroid dienone is 1. The second kappa shape index (κ2) is 6.40. The average Bonchev–Trinajstić information content (AvgIpc) is 2.09. The van der Waals surface area contributed by atoms with Crippen molar-refractivity contribution in [3.05, 3.63) is 11.8 Å². The Morgan fingerprint density at radius 1 is 1.43 bits per heavy atom. The van der Waals surface area contributed by atoms with Crippen LogP contribution in [0.3, 0.4) is 0 Å². The summed E-state index contributed by atoms with van der Waals surface area (Å²) < 4.78 is 4.94. The van der Waals surface area contributed by atoms with E-state index >= 15 is 0 Å². The Morgan fingerprint density at radius 3 is 2.43 bits per heavy atom. The first-order valence-corrected chi connectivity index (χ1v) is 9.40. The van der Waals surface area contributed by atoms with Crippen LogP contribution in [0.2, 0.25) is 19.6 Å². The van der Waals surface area contributed by atoms with E-state index in [0.29, 0.717) is 6.61 Å². The fraction of sp³-hybridized carbons (Fsp3) is 0.700. The number of hydrogen-bond donors (Lipinski definition) is 0. The van der Waals surface area contributed by atoms with Gasteiger partial charge >= 0.3 is 5.97 Å². The molecule has 4 heteroatoms. The zero-order valence-corrected chi connectivity index (χ0v) is 11.8. The number of carbonyl (C=O) groups excluding carboxylic acids is 1. The van der Waals surface area contributed by atoms with Gasteiger partial charge in [0.25, 0.3) is 0 Å². The molecule has 0 unspecified atom stereocenters. The van der Waals surface area contributed by atoms with Crippen molar-refractivity contribution in [1.82, 2.24) is 0 Å². The quantitative estimate of drug-likeness (QED) is 0.323. The van der Waals surface area contributed by atoms with Crippen LogP contribution in [0, 0.1) is 0 Å². The monoisotopic (exact) mass is 278 g/mol. The lowest BCUT2D eigenvalue weighted by Crippen LogP contribution is -2.23. The summed E-state index contributed by atoms with van der Waals surface area (Å²) in [5.74, 6) is -0.191. The fourth-order valence-corrected chi connectivity index (χ4v) is 1.97. The van der Waals surface area contributed by atoms with Crippen molar-refractivity contribution in [2.24, 2.45) is 0 Å². The average molecular weight is 279 g/mol. The fourth-order valence-electron chi connectivity index (χ4n) is 0.885. The number of halogens is 1. The Morgan fingerprint density at radius 2 is 2.00 bits per heavy atom. The Bertz CT molecular complexity index is 209. The largest absolute Gasteiger partial charge is 0.465 e. The first kappa shape index (κ1) is 13.9. The normalized spacial score (nSPS) is 11.1. The molecule has 0 aromatic rings. The minimum atomic E-state index is -1.19. The highest BCUT2D eigenvalue weighted by Gasteiger charge is 2.16. The first-order valence-electron chi connectivity index (χ1n) is 4.77. The summed E-state index contributed by atoms with van der Waals surface area (Å²) in [4.78, 5) is 10.8. The van der Waals surface area contributed by atoms with Crippen LogP contribution in [-0.2, 0) is 9.53 Å². The maximum absolute atomic E-state index is 10.8. The molecule has 0 rings (SSSR count). The highest BCUT2D eigenvalue weighted by atomic mass is 79.9. The Labute approximate surface area is 95.9 Å². The van der Waals surface area contributed by atoms with Gasteiger partial charge in [-0.15, -0.1) is 6.58 Å². The van der Waals surface area contributed by atoms with Gasteiger partial charge in [0, 0.05) is 0 Å². The van der Waals surface area contributed by atoms with Crippen LogP contribution in [0.1, 0.15) is 12.8 Å². The molecule has 0 heterocycles. The number of esters is 1. The van der Waals surface area contributed by atoms with Gasteiger partial charge in [0.05, 0.1) is 14.7 Å². The first-order chi connectivity index (χ1) is 6.38. The van der Waals surface area contributed by atoms with Crippen molar-refractivity contribution in [3.8, 4) is 0 Å². The molecule has 0 saturated carbocycles. The molecule has 0 aliphatic rings. The van der Waals surface area contributed by atoms with E-state index in [1.165, 1.54) is 5.20 Å². The third-order valence-electron chi connectivity index (χ3n) is 2.06. The zero-order chi connectivity index (χ0) is 11.2. The zero-order valence-electron chi connectivity index (χ0n) is 9.23. The molecule has 0 aromatic carbocycles. The molecule has 0 fully saturated rings. The summed E-state index contributed by atoms with van der Waals surface area (Å²) in [6.07, 6.45) is 1.87. The van der Waals surface area contributed by atoms with Crippen LogP contribution < -0.4 is 0 Å². The molecule has 0 radical (unpaired) electrons. The van der Waals surface area contributed by atoms with E-state index in [1.807, 2.05) is 0 Å². The molecule has 0 N–H and O–H groups in total. The smallest absolute Gasteiger partial charge is 0.316 e. The molecule has 0 aromatic heterocycles. The Hall–Kier alpha value is -0.0931. The molecule has 82 valence electrons. The summed E-state index contributed by atoms with van der Waals surface area (Å²) in [6.45, 7) is 11.4. The molecule has 0 aliphatic heterocycles. The van der Waals surface area contributed by atoms with Gasteiger partial charge in [-0.2, -0.15) is 0 Å². The van der Waals surface area contributed by atoms with Gasteiger partial charge in [-0.25, -0.2) is 0 Å². The van der Waals surface area contributed by atoms with Crippen LogP contribution in [0.25, 0.3) is 0 Å². The van der Waals surface area contributed by atoms with E-state index in [-0.39, 0.29) is 11.3 Å². The van der Waals surface area contributed by atoms with Crippen molar-refractivity contribution in [1.29, 1.82) is 0 Å². The SMILES string of the molecule is C=C(CCCOC(=O)CBr)[Si](C)(C)C. The lowest BCUT2D eigenvalue weighted by molar-refractivity contribution is -0.140. The minimum Gasteiger partial charge on any atom is -0.465 e. The third-order valence-corrected chi connectivity index (χ3v) is 4.88. The molecule has 0 saturated heterocycles. The summed E-state index contributed by atoms with van der Waals surface area (Å²) in [6, 6.07) is 0. The van der Waals surface area contributed by atoms with Crippen molar-refractivity contribution < 1.29 is 9.53 Å². The van der Waals surface area contributed by atoms with Crippen molar-refractivity contribution in [2.45, 2.75) is 32.5 Å². The van der Waals surface area contributed by atoms with Crippen molar-refractivity contribution in [2.75, 3.05) is 11.9 Å². The van der Waals surface area contributed by atoms with E-state index in [9.17, 15) is 4.79 Å². The predicted octanol–water partition coefficient (Wildman–Crippen LogP) is 3.14. The second-order valence-corrected chi connectivity index (χ2v) is 10.1. The van der Waals surface area contributed by atoms with E-state index in [4.69, 9.17) is 4.74 Å². The Kier molecular flexibility index (Phi) is 6.36. The van der Waals surface area contributed by atoms with Crippen LogP contribution in [0.5, 0.6) is 0 Å². The van der Waals surface area contributed by atoms with Crippen LogP contribution >= 0.6 is 15.9 Å². The van der Waals surface area contributed by atoms with Gasteiger partial charge in [0.1, 0.15) is 5.33 Å². The number of ether oxygens (including phenoxy) is 1. The maximum atomic E-state index is 10.8. The number of rotatable bonds is 6. The summed E-state index contributed by atoms with van der Waals surface area (Å²) >= 11 is 3.04. The van der Waals surface area contributed by atoms with Gasteiger partial charge in [-0.1, -0.05) is 40.8 Å². The van der Waals surface area contributed by atoms with E-state index < -0.39 is 8.07 Å². The topological polar surface area (TPSA) is 26.3 Å². The van der Waals surface area contributed by atoms with E-state index in [0.717, 1.165) is 12.8 Å². The summed E-state index contributed by atoms with van der Waals surface area (Å²) in [7, 11) is -1.19. The number of alkyl halides is 1. The molecule has 2 nitrogen and oxygen atoms in total. The molecule has 14 heavy (non-hydrogen) atoms. The molecule has 0 atom stereocenters.